The van der Waals surface area contributed by atoms with Gasteiger partial charge in [-0.1, -0.05) is 6.42 Å². The minimum absolute atomic E-state index is 0.237. The molecule has 0 aliphatic carbocycles. The monoisotopic (exact) mass is 275 g/mol. The largest absolute Gasteiger partial charge is 0.433 e. The van der Waals surface area contributed by atoms with Crippen LogP contribution in [-0.4, -0.2) is 17.4 Å². The molecule has 0 saturated heterocycles. The van der Waals surface area contributed by atoms with Gasteiger partial charge in [0.1, 0.15) is 5.69 Å². The van der Waals surface area contributed by atoms with Gasteiger partial charge in [-0.2, -0.15) is 13.2 Å². The van der Waals surface area contributed by atoms with E-state index < -0.39 is 11.9 Å². The number of carbonyl (C=O) groups excluding carboxylic acids is 1. The lowest BCUT2D eigenvalue weighted by atomic mass is 10.2. The van der Waals surface area contributed by atoms with Crippen molar-refractivity contribution < 1.29 is 18.0 Å². The van der Waals surface area contributed by atoms with Crippen molar-refractivity contribution in [1.29, 1.82) is 0 Å². The number of hydrogen-bond acceptors (Lipinski definition) is 3. The Morgan fingerprint density at radius 2 is 2.00 bits per heavy atom. The Hall–Kier alpha value is -1.63. The van der Waals surface area contributed by atoms with E-state index in [9.17, 15) is 18.0 Å². The lowest BCUT2D eigenvalue weighted by Gasteiger charge is -2.07. The van der Waals surface area contributed by atoms with Gasteiger partial charge in [0.15, 0.2) is 0 Å². The van der Waals surface area contributed by atoms with Gasteiger partial charge < -0.3 is 11.1 Å². The molecule has 0 saturated carbocycles. The van der Waals surface area contributed by atoms with Crippen LogP contribution in [0.4, 0.5) is 18.9 Å². The number of aromatic nitrogens is 1. The number of alkyl halides is 3. The third-order valence-corrected chi connectivity index (χ3v) is 2.45. The van der Waals surface area contributed by atoms with E-state index in [4.69, 9.17) is 5.73 Å². The number of rotatable bonds is 6. The first-order valence-electron chi connectivity index (χ1n) is 5.96. The maximum Gasteiger partial charge on any atom is 0.433 e. The van der Waals surface area contributed by atoms with Crippen LogP contribution in [0.1, 0.15) is 31.4 Å². The van der Waals surface area contributed by atoms with Gasteiger partial charge in [0.25, 0.3) is 0 Å². The molecule has 0 spiro atoms. The third kappa shape index (κ3) is 5.69. The summed E-state index contributed by atoms with van der Waals surface area (Å²) in [6.45, 7) is 0.588. The molecule has 106 valence electrons. The topological polar surface area (TPSA) is 68.0 Å². The quantitative estimate of drug-likeness (QED) is 0.784. The summed E-state index contributed by atoms with van der Waals surface area (Å²) in [4.78, 5) is 14.7. The summed E-state index contributed by atoms with van der Waals surface area (Å²) in [6.07, 6.45) is -0.728. The lowest BCUT2D eigenvalue weighted by Crippen LogP contribution is -2.13. The van der Waals surface area contributed by atoms with Gasteiger partial charge in [0.05, 0.1) is 11.9 Å². The molecular formula is C12H16F3N3O. The third-order valence-electron chi connectivity index (χ3n) is 2.45. The molecule has 7 heteroatoms. The second-order valence-electron chi connectivity index (χ2n) is 4.08. The first kappa shape index (κ1) is 15.4. The van der Waals surface area contributed by atoms with Crippen molar-refractivity contribution in [3.63, 3.8) is 0 Å². The second-order valence-corrected chi connectivity index (χ2v) is 4.08. The fourth-order valence-corrected chi connectivity index (χ4v) is 1.47. The molecule has 0 fully saturated rings. The molecule has 1 aromatic heterocycles. The van der Waals surface area contributed by atoms with E-state index in [1.807, 2.05) is 0 Å². The standard InChI is InChI=1S/C12H16F3N3O/c13-12(14,15)10-6-5-9(8-17-10)18-11(19)4-2-1-3-7-16/h5-6,8H,1-4,7,16H2,(H,18,19). The van der Waals surface area contributed by atoms with E-state index >= 15 is 0 Å². The number of pyridine rings is 1. The first-order chi connectivity index (χ1) is 8.93. The van der Waals surface area contributed by atoms with Crippen molar-refractivity contribution >= 4 is 11.6 Å². The van der Waals surface area contributed by atoms with Crippen LogP contribution in [-0.2, 0) is 11.0 Å². The number of hydrogen-bond donors (Lipinski definition) is 2. The highest BCUT2D eigenvalue weighted by atomic mass is 19.4. The fraction of sp³-hybridized carbons (Fsp3) is 0.500. The second kappa shape index (κ2) is 7.08. The van der Waals surface area contributed by atoms with Crippen molar-refractivity contribution in [2.45, 2.75) is 31.9 Å². The molecule has 0 unspecified atom stereocenters. The summed E-state index contributed by atoms with van der Waals surface area (Å²) >= 11 is 0. The zero-order valence-electron chi connectivity index (χ0n) is 10.3. The van der Waals surface area contributed by atoms with E-state index in [1.165, 1.54) is 6.07 Å². The average Bonchev–Trinajstić information content (AvgIpc) is 2.34. The maximum atomic E-state index is 12.3. The molecule has 3 N–H and O–H groups in total. The van der Waals surface area contributed by atoms with E-state index in [-0.39, 0.29) is 11.6 Å². The Morgan fingerprint density at radius 1 is 1.26 bits per heavy atom. The fourth-order valence-electron chi connectivity index (χ4n) is 1.47. The number of unbranched alkanes of at least 4 members (excludes halogenated alkanes) is 2. The molecule has 0 bridgehead atoms. The smallest absolute Gasteiger partial charge is 0.330 e. The summed E-state index contributed by atoms with van der Waals surface area (Å²) < 4.78 is 36.8. The molecule has 1 aromatic rings. The van der Waals surface area contributed by atoms with E-state index in [0.717, 1.165) is 25.1 Å². The zero-order chi connectivity index (χ0) is 14.3. The van der Waals surface area contributed by atoms with Crippen molar-refractivity contribution in [2.75, 3.05) is 11.9 Å². The highest BCUT2D eigenvalue weighted by Gasteiger charge is 2.32. The lowest BCUT2D eigenvalue weighted by molar-refractivity contribution is -0.141. The van der Waals surface area contributed by atoms with Crippen molar-refractivity contribution in [3.8, 4) is 0 Å². The molecule has 0 radical (unpaired) electrons. The molecule has 19 heavy (non-hydrogen) atoms. The maximum absolute atomic E-state index is 12.3. The Kier molecular flexibility index (Phi) is 5.75. The van der Waals surface area contributed by atoms with Crippen LogP contribution < -0.4 is 11.1 Å². The minimum Gasteiger partial charge on any atom is -0.330 e. The van der Waals surface area contributed by atoms with Crippen molar-refractivity contribution in [3.05, 3.63) is 24.0 Å². The molecule has 0 atom stereocenters. The Morgan fingerprint density at radius 3 is 2.53 bits per heavy atom. The van der Waals surface area contributed by atoms with Crippen LogP contribution in [0.15, 0.2) is 18.3 Å². The van der Waals surface area contributed by atoms with Gasteiger partial charge in [0, 0.05) is 6.42 Å². The molecule has 0 aliphatic rings. The predicted octanol–water partition coefficient (Wildman–Crippen LogP) is 2.56. The van der Waals surface area contributed by atoms with Crippen molar-refractivity contribution in [2.24, 2.45) is 5.73 Å². The van der Waals surface area contributed by atoms with Crippen LogP contribution in [0.3, 0.4) is 0 Å². The zero-order valence-corrected chi connectivity index (χ0v) is 10.3. The van der Waals surface area contributed by atoms with Crippen LogP contribution >= 0.6 is 0 Å². The molecule has 1 rings (SSSR count). The number of nitrogens with zero attached hydrogens (tertiary/aromatic N) is 1. The SMILES string of the molecule is NCCCCCC(=O)Nc1ccc(C(F)(F)F)nc1. The van der Waals surface area contributed by atoms with Crippen LogP contribution in [0.5, 0.6) is 0 Å². The Bertz CT molecular complexity index is 404. The van der Waals surface area contributed by atoms with Crippen LogP contribution in [0.25, 0.3) is 0 Å². The number of anilines is 1. The summed E-state index contributed by atoms with van der Waals surface area (Å²) in [5.41, 5.74) is 4.60. The number of halogens is 3. The highest BCUT2D eigenvalue weighted by molar-refractivity contribution is 5.90. The average molecular weight is 275 g/mol. The number of carbonyl (C=O) groups is 1. The molecular weight excluding hydrogens is 259 g/mol. The molecule has 4 nitrogen and oxygen atoms in total. The normalized spacial score (nSPS) is 11.4. The first-order valence-corrected chi connectivity index (χ1v) is 5.96. The molecule has 1 amide bonds. The van der Waals surface area contributed by atoms with E-state index in [2.05, 4.69) is 10.3 Å². The number of nitrogens with one attached hydrogen (secondary N) is 1. The van der Waals surface area contributed by atoms with Gasteiger partial charge in [-0.25, -0.2) is 4.98 Å². The summed E-state index contributed by atoms with van der Waals surface area (Å²) in [7, 11) is 0. The van der Waals surface area contributed by atoms with Gasteiger partial charge in [-0.3, -0.25) is 4.79 Å². The van der Waals surface area contributed by atoms with E-state index in [1.54, 1.807) is 0 Å². The molecule has 1 heterocycles. The van der Waals surface area contributed by atoms with Gasteiger partial charge >= 0.3 is 6.18 Å². The molecule has 0 aliphatic heterocycles. The van der Waals surface area contributed by atoms with Crippen LogP contribution in [0, 0.1) is 0 Å². The number of amides is 1. The predicted molar refractivity (Wildman–Crippen MR) is 65.4 cm³/mol. The van der Waals surface area contributed by atoms with Gasteiger partial charge in [-0.05, 0) is 31.5 Å². The van der Waals surface area contributed by atoms with Gasteiger partial charge in [-0.15, -0.1) is 0 Å². The van der Waals surface area contributed by atoms with E-state index in [0.29, 0.717) is 19.4 Å². The van der Waals surface area contributed by atoms with Gasteiger partial charge in [0.2, 0.25) is 5.91 Å². The minimum atomic E-state index is -4.47. The van der Waals surface area contributed by atoms with Crippen LogP contribution in [0.2, 0.25) is 0 Å². The Labute approximate surface area is 109 Å². The highest BCUT2D eigenvalue weighted by Crippen LogP contribution is 2.27. The molecule has 0 aromatic carbocycles. The number of nitrogens with two attached hydrogens (primary N) is 1. The summed E-state index contributed by atoms with van der Waals surface area (Å²) in [6, 6.07) is 2.03. The Balaban J connectivity index is 2.43. The van der Waals surface area contributed by atoms with Crippen molar-refractivity contribution in [1.82, 2.24) is 4.98 Å². The summed E-state index contributed by atoms with van der Waals surface area (Å²) in [5, 5.41) is 2.50. The summed E-state index contributed by atoms with van der Waals surface area (Å²) in [5.74, 6) is -0.237.